The van der Waals surface area contributed by atoms with Gasteiger partial charge in [-0.15, -0.1) is 0 Å². The normalized spacial score (nSPS) is 20.1. The van der Waals surface area contributed by atoms with Crippen molar-refractivity contribution >= 4 is 11.7 Å². The number of anilines is 1. The molecule has 1 aromatic carbocycles. The number of halogens is 2. The first kappa shape index (κ1) is 16.0. The maximum Gasteiger partial charge on any atom is 0.239 e. The first-order valence-electron chi connectivity index (χ1n) is 8.31. The number of aromatic nitrogens is 2. The van der Waals surface area contributed by atoms with E-state index in [0.29, 0.717) is 28.6 Å². The van der Waals surface area contributed by atoms with E-state index in [-0.39, 0.29) is 11.8 Å². The zero-order chi connectivity index (χ0) is 18.0. The molecule has 1 aromatic heterocycles. The quantitative estimate of drug-likeness (QED) is 0.730. The van der Waals surface area contributed by atoms with Gasteiger partial charge >= 0.3 is 0 Å². The summed E-state index contributed by atoms with van der Waals surface area (Å²) in [7, 11) is 0. The molecule has 0 radical (unpaired) electrons. The lowest BCUT2D eigenvalue weighted by atomic mass is 9.65. The van der Waals surface area contributed by atoms with E-state index in [2.05, 4.69) is 4.98 Å². The van der Waals surface area contributed by atoms with E-state index in [4.69, 9.17) is 4.99 Å². The fourth-order valence-electron chi connectivity index (χ4n) is 3.55. The maximum atomic E-state index is 14.8. The lowest BCUT2D eigenvalue weighted by molar-refractivity contribution is 0.293. The smallest absolute Gasteiger partial charge is 0.239 e. The van der Waals surface area contributed by atoms with Gasteiger partial charge in [0, 0.05) is 29.3 Å². The molecule has 2 aliphatic heterocycles. The molecule has 0 atom stereocenters. The maximum absolute atomic E-state index is 14.8. The van der Waals surface area contributed by atoms with Crippen LogP contribution < -0.4 is 5.12 Å². The number of benzene rings is 1. The number of hydrogen-bond donors (Lipinski definition) is 0. The minimum absolute atomic E-state index is 0.209. The van der Waals surface area contributed by atoms with Crippen LogP contribution in [-0.2, 0) is 12.0 Å². The summed E-state index contributed by atoms with van der Waals surface area (Å²) in [6.07, 6.45) is 4.66. The Balaban J connectivity index is 1.99. The van der Waals surface area contributed by atoms with Gasteiger partial charge in [0.25, 0.3) is 0 Å². The lowest BCUT2D eigenvalue weighted by Crippen LogP contribution is -2.47. The molecular formula is C19H20F2N4. The van der Waals surface area contributed by atoms with E-state index in [1.54, 1.807) is 22.9 Å². The molecule has 4 nitrogen and oxygen atoms in total. The second-order valence-corrected chi connectivity index (χ2v) is 7.56. The van der Waals surface area contributed by atoms with Crippen LogP contribution in [0.4, 0.5) is 14.8 Å². The summed E-state index contributed by atoms with van der Waals surface area (Å²) in [6.45, 7) is 8.51. The highest BCUT2D eigenvalue weighted by atomic mass is 19.2. The third kappa shape index (κ3) is 2.09. The summed E-state index contributed by atoms with van der Waals surface area (Å²) in [5.74, 6) is -0.0332. The van der Waals surface area contributed by atoms with Gasteiger partial charge in [-0.2, -0.15) is 5.12 Å². The standard InChI is InChI=1S/C19H20F2N4/c1-18(2)15-12(7-5-8-13(15)20)16(23-19(18,3)4)14-11-22-17-24(14)9-6-10-25(17)21/h5-8,10-11H,9H2,1-4H3. The van der Waals surface area contributed by atoms with Crippen molar-refractivity contribution in [1.82, 2.24) is 9.55 Å². The number of nitrogens with zero attached hydrogens (tertiary/aromatic N) is 4. The highest BCUT2D eigenvalue weighted by molar-refractivity contribution is 6.14. The van der Waals surface area contributed by atoms with Gasteiger partial charge in [-0.1, -0.05) is 30.5 Å². The van der Waals surface area contributed by atoms with Crippen molar-refractivity contribution in [3.63, 3.8) is 0 Å². The van der Waals surface area contributed by atoms with E-state index in [9.17, 15) is 8.87 Å². The largest absolute Gasteiger partial charge is 0.303 e. The summed E-state index contributed by atoms with van der Waals surface area (Å²) in [4.78, 5) is 9.13. The second-order valence-electron chi connectivity index (χ2n) is 7.56. The van der Waals surface area contributed by atoms with Gasteiger partial charge < -0.3 is 4.57 Å². The number of hydrogen-bond acceptors (Lipinski definition) is 3. The van der Waals surface area contributed by atoms with Gasteiger partial charge in [-0.25, -0.2) is 9.37 Å². The monoisotopic (exact) mass is 342 g/mol. The van der Waals surface area contributed by atoms with Crippen molar-refractivity contribution in [2.24, 2.45) is 4.99 Å². The molecule has 2 aliphatic rings. The van der Waals surface area contributed by atoms with Crippen LogP contribution in [0.25, 0.3) is 0 Å². The summed E-state index contributed by atoms with van der Waals surface area (Å²) in [5, 5.41) is 0.484. The number of aliphatic imine (C=N–C) groups is 1. The minimum Gasteiger partial charge on any atom is -0.303 e. The van der Waals surface area contributed by atoms with Crippen molar-refractivity contribution in [3.05, 3.63) is 59.3 Å². The molecule has 2 aromatic rings. The highest BCUT2D eigenvalue weighted by Crippen LogP contribution is 2.45. The van der Waals surface area contributed by atoms with Crippen LogP contribution in [0.1, 0.15) is 44.5 Å². The molecule has 0 N–H and O–H groups in total. The van der Waals surface area contributed by atoms with Crippen LogP contribution in [0.5, 0.6) is 0 Å². The first-order valence-corrected chi connectivity index (χ1v) is 8.31. The fraction of sp³-hybridized carbons (Fsp3) is 0.368. The van der Waals surface area contributed by atoms with Gasteiger partial charge in [0.05, 0.1) is 23.1 Å². The van der Waals surface area contributed by atoms with Crippen LogP contribution in [-0.4, -0.2) is 20.8 Å². The Morgan fingerprint density at radius 1 is 1.16 bits per heavy atom. The number of fused-ring (bicyclic) bond motifs is 2. The van der Waals surface area contributed by atoms with Gasteiger partial charge in [0.2, 0.25) is 5.95 Å². The fourth-order valence-corrected chi connectivity index (χ4v) is 3.55. The number of allylic oxidation sites excluding steroid dienone is 1. The molecule has 6 heteroatoms. The Morgan fingerprint density at radius 2 is 1.92 bits per heavy atom. The summed E-state index contributed by atoms with van der Waals surface area (Å²) < 4.78 is 30.5. The van der Waals surface area contributed by atoms with Crippen molar-refractivity contribution in [3.8, 4) is 0 Å². The zero-order valence-corrected chi connectivity index (χ0v) is 14.7. The van der Waals surface area contributed by atoms with Crippen molar-refractivity contribution in [1.29, 1.82) is 0 Å². The van der Waals surface area contributed by atoms with Crippen LogP contribution in [0, 0.1) is 5.82 Å². The van der Waals surface area contributed by atoms with Crippen molar-refractivity contribution in [2.45, 2.75) is 45.2 Å². The van der Waals surface area contributed by atoms with E-state index >= 15 is 0 Å². The molecular weight excluding hydrogens is 322 g/mol. The van der Waals surface area contributed by atoms with Gasteiger partial charge in [0.1, 0.15) is 5.82 Å². The Morgan fingerprint density at radius 3 is 2.68 bits per heavy atom. The SMILES string of the molecule is CC1(C)N=C(c2cnc3n2CC=CN3F)c2cccc(F)c2C1(C)C. The Bertz CT molecular complexity index is 922. The highest BCUT2D eigenvalue weighted by Gasteiger charge is 2.46. The van der Waals surface area contributed by atoms with Crippen LogP contribution >= 0.6 is 0 Å². The van der Waals surface area contributed by atoms with Gasteiger partial charge in [-0.3, -0.25) is 4.99 Å². The molecule has 0 amide bonds. The van der Waals surface area contributed by atoms with Crippen molar-refractivity contribution in [2.75, 3.05) is 5.12 Å². The lowest BCUT2D eigenvalue weighted by Gasteiger charge is -2.44. The van der Waals surface area contributed by atoms with E-state index < -0.39 is 11.0 Å². The molecule has 0 saturated heterocycles. The number of imidazole rings is 1. The minimum atomic E-state index is -0.526. The van der Waals surface area contributed by atoms with Crippen LogP contribution in [0.3, 0.4) is 0 Å². The molecule has 0 unspecified atom stereocenters. The second kappa shape index (κ2) is 5.00. The molecule has 130 valence electrons. The predicted molar refractivity (Wildman–Crippen MR) is 94.1 cm³/mol. The summed E-state index contributed by atoms with van der Waals surface area (Å²) >= 11 is 0. The van der Waals surface area contributed by atoms with Crippen LogP contribution in [0.15, 0.2) is 41.7 Å². The zero-order valence-electron chi connectivity index (χ0n) is 14.7. The number of rotatable bonds is 1. The average molecular weight is 342 g/mol. The van der Waals surface area contributed by atoms with Crippen LogP contribution in [0.2, 0.25) is 0 Å². The third-order valence-corrected chi connectivity index (χ3v) is 5.61. The molecule has 0 fully saturated rings. The molecule has 4 rings (SSSR count). The Hall–Kier alpha value is -2.50. The van der Waals surface area contributed by atoms with Gasteiger partial charge in [-0.05, 0) is 26.0 Å². The Labute approximate surface area is 145 Å². The predicted octanol–water partition coefficient (Wildman–Crippen LogP) is 4.15. The molecule has 0 bridgehead atoms. The summed E-state index contributed by atoms with van der Waals surface area (Å²) in [5.41, 5.74) is 1.73. The first-order chi connectivity index (χ1) is 11.7. The van der Waals surface area contributed by atoms with E-state index in [0.717, 1.165) is 5.56 Å². The average Bonchev–Trinajstić information content (AvgIpc) is 2.96. The molecule has 0 spiro atoms. The topological polar surface area (TPSA) is 33.4 Å². The van der Waals surface area contributed by atoms with E-state index in [1.807, 2.05) is 33.8 Å². The van der Waals surface area contributed by atoms with Crippen molar-refractivity contribution < 1.29 is 8.87 Å². The third-order valence-electron chi connectivity index (χ3n) is 5.61. The molecule has 25 heavy (non-hydrogen) atoms. The molecule has 3 heterocycles. The van der Waals surface area contributed by atoms with E-state index in [1.165, 1.54) is 12.3 Å². The summed E-state index contributed by atoms with van der Waals surface area (Å²) in [6, 6.07) is 5.05. The molecule has 0 aliphatic carbocycles. The Kier molecular flexibility index (Phi) is 3.20. The van der Waals surface area contributed by atoms with Gasteiger partial charge in [0.15, 0.2) is 0 Å². The molecule has 0 saturated carbocycles.